The third-order valence-corrected chi connectivity index (χ3v) is 5.10. The van der Waals surface area contributed by atoms with Crippen molar-refractivity contribution >= 4 is 27.5 Å². The van der Waals surface area contributed by atoms with Gasteiger partial charge in [-0.1, -0.05) is 36.8 Å². The van der Waals surface area contributed by atoms with E-state index in [9.17, 15) is 8.42 Å². The lowest BCUT2D eigenvalue weighted by molar-refractivity contribution is 0.601. The van der Waals surface area contributed by atoms with E-state index in [4.69, 9.17) is 0 Å². The molecule has 0 saturated heterocycles. The molecular formula is C15H17NO2S2. The van der Waals surface area contributed by atoms with Crippen LogP contribution in [0.5, 0.6) is 0 Å². The van der Waals surface area contributed by atoms with Crippen molar-refractivity contribution < 1.29 is 8.42 Å². The molecule has 0 amide bonds. The van der Waals surface area contributed by atoms with Gasteiger partial charge in [-0.15, -0.1) is 11.8 Å². The Labute approximate surface area is 124 Å². The monoisotopic (exact) mass is 307 g/mol. The summed E-state index contributed by atoms with van der Waals surface area (Å²) >= 11 is 1.61. The van der Waals surface area contributed by atoms with E-state index in [1.54, 1.807) is 42.1 Å². The molecule has 0 unspecified atom stereocenters. The topological polar surface area (TPSA) is 46.2 Å². The molecule has 0 radical (unpaired) electrons. The molecule has 0 aliphatic rings. The normalized spacial score (nSPS) is 11.3. The van der Waals surface area contributed by atoms with Gasteiger partial charge in [0.1, 0.15) is 0 Å². The zero-order valence-corrected chi connectivity index (χ0v) is 13.1. The highest BCUT2D eigenvalue weighted by Crippen LogP contribution is 2.28. The fraction of sp³-hybridized carbons (Fsp3) is 0.200. The Kier molecular flexibility index (Phi) is 4.73. The molecule has 0 atom stereocenters. The number of thioether (sulfide) groups is 1. The summed E-state index contributed by atoms with van der Waals surface area (Å²) in [6.45, 7) is 3.97. The molecule has 106 valence electrons. The van der Waals surface area contributed by atoms with Gasteiger partial charge in [0.15, 0.2) is 0 Å². The van der Waals surface area contributed by atoms with Crippen LogP contribution >= 0.6 is 11.8 Å². The van der Waals surface area contributed by atoms with Crippen molar-refractivity contribution in [2.45, 2.75) is 23.6 Å². The fourth-order valence-corrected chi connectivity index (χ4v) is 3.66. The molecule has 0 fully saturated rings. The van der Waals surface area contributed by atoms with Gasteiger partial charge in [-0.25, -0.2) is 8.42 Å². The summed E-state index contributed by atoms with van der Waals surface area (Å²) in [6, 6.07) is 14.3. The van der Waals surface area contributed by atoms with Gasteiger partial charge >= 0.3 is 0 Å². The van der Waals surface area contributed by atoms with Gasteiger partial charge in [0.25, 0.3) is 10.0 Å². The van der Waals surface area contributed by atoms with Crippen molar-refractivity contribution in [3.63, 3.8) is 0 Å². The van der Waals surface area contributed by atoms with E-state index in [0.717, 1.165) is 16.2 Å². The van der Waals surface area contributed by atoms with Crippen LogP contribution in [0.1, 0.15) is 12.5 Å². The molecule has 0 heterocycles. The van der Waals surface area contributed by atoms with Crippen LogP contribution in [0.15, 0.2) is 58.3 Å². The Morgan fingerprint density at radius 1 is 1.05 bits per heavy atom. The quantitative estimate of drug-likeness (QED) is 0.852. The van der Waals surface area contributed by atoms with Crippen LogP contribution in [0.3, 0.4) is 0 Å². The van der Waals surface area contributed by atoms with Crippen molar-refractivity contribution in [3.05, 3.63) is 54.1 Å². The minimum absolute atomic E-state index is 0.277. The van der Waals surface area contributed by atoms with Crippen LogP contribution in [0.25, 0.3) is 0 Å². The third-order valence-electron chi connectivity index (χ3n) is 2.76. The molecule has 0 aliphatic heterocycles. The predicted octanol–water partition coefficient (Wildman–Crippen LogP) is 3.91. The summed E-state index contributed by atoms with van der Waals surface area (Å²) in [7, 11) is -3.53. The lowest BCUT2D eigenvalue weighted by Crippen LogP contribution is -2.13. The molecular weight excluding hydrogens is 290 g/mol. The molecule has 20 heavy (non-hydrogen) atoms. The zero-order chi connectivity index (χ0) is 14.6. The largest absolute Gasteiger partial charge is 0.278 e. The molecule has 1 N–H and O–H groups in total. The molecule has 0 bridgehead atoms. The van der Waals surface area contributed by atoms with Gasteiger partial charge in [-0.05, 0) is 36.9 Å². The Hall–Kier alpha value is -1.46. The highest BCUT2D eigenvalue weighted by molar-refractivity contribution is 7.99. The molecule has 2 aromatic rings. The molecule has 0 saturated carbocycles. The van der Waals surface area contributed by atoms with E-state index in [-0.39, 0.29) is 4.90 Å². The first-order valence-electron chi connectivity index (χ1n) is 6.34. The minimum atomic E-state index is -3.53. The smallest absolute Gasteiger partial charge is 0.261 e. The average Bonchev–Trinajstić information content (AvgIpc) is 2.41. The Balaban J connectivity index is 2.31. The lowest BCUT2D eigenvalue weighted by Gasteiger charge is -2.12. The summed E-state index contributed by atoms with van der Waals surface area (Å²) in [5, 5.41) is 0. The Morgan fingerprint density at radius 2 is 1.70 bits per heavy atom. The highest BCUT2D eigenvalue weighted by Gasteiger charge is 2.15. The number of nitrogens with one attached hydrogen (secondary N) is 1. The van der Waals surface area contributed by atoms with Crippen molar-refractivity contribution in [1.29, 1.82) is 0 Å². The summed E-state index contributed by atoms with van der Waals surface area (Å²) in [5.74, 6) is 0.892. The third kappa shape index (κ3) is 3.55. The van der Waals surface area contributed by atoms with E-state index in [1.165, 1.54) is 0 Å². The summed E-state index contributed by atoms with van der Waals surface area (Å²) in [4.78, 5) is 1.21. The lowest BCUT2D eigenvalue weighted by atomic mass is 10.2. The van der Waals surface area contributed by atoms with Crippen molar-refractivity contribution in [2.24, 2.45) is 0 Å². The van der Waals surface area contributed by atoms with Gasteiger partial charge in [0.2, 0.25) is 0 Å². The SMILES string of the molecule is CCSc1ccccc1NS(=O)(=O)c1ccc(C)cc1. The molecule has 2 rings (SSSR count). The van der Waals surface area contributed by atoms with Crippen LogP contribution < -0.4 is 4.72 Å². The zero-order valence-electron chi connectivity index (χ0n) is 11.5. The summed E-state index contributed by atoms with van der Waals surface area (Å²) in [5.41, 5.74) is 1.66. The molecule has 5 heteroatoms. The van der Waals surface area contributed by atoms with E-state index >= 15 is 0 Å². The second-order valence-corrected chi connectivity index (χ2v) is 7.34. The van der Waals surface area contributed by atoms with E-state index < -0.39 is 10.0 Å². The van der Waals surface area contributed by atoms with Gasteiger partial charge in [0.05, 0.1) is 10.6 Å². The van der Waals surface area contributed by atoms with Crippen LogP contribution in [0, 0.1) is 6.92 Å². The first kappa shape index (κ1) is 14.9. The first-order chi connectivity index (χ1) is 9.53. The van der Waals surface area contributed by atoms with Gasteiger partial charge < -0.3 is 0 Å². The van der Waals surface area contributed by atoms with E-state index in [2.05, 4.69) is 4.72 Å². The second kappa shape index (κ2) is 6.33. The highest BCUT2D eigenvalue weighted by atomic mass is 32.2. The van der Waals surface area contributed by atoms with Crippen molar-refractivity contribution in [1.82, 2.24) is 0 Å². The van der Waals surface area contributed by atoms with Crippen molar-refractivity contribution in [2.75, 3.05) is 10.5 Å². The van der Waals surface area contributed by atoms with E-state index in [0.29, 0.717) is 5.69 Å². The predicted molar refractivity (Wildman–Crippen MR) is 84.8 cm³/mol. The van der Waals surface area contributed by atoms with Gasteiger partial charge in [0, 0.05) is 4.90 Å². The molecule has 0 aromatic heterocycles. The van der Waals surface area contributed by atoms with E-state index in [1.807, 2.05) is 32.0 Å². The Morgan fingerprint density at radius 3 is 2.35 bits per heavy atom. The maximum Gasteiger partial charge on any atom is 0.261 e. The summed E-state index contributed by atoms with van der Waals surface area (Å²) < 4.78 is 27.4. The van der Waals surface area contributed by atoms with Crippen LogP contribution in [-0.2, 0) is 10.0 Å². The van der Waals surface area contributed by atoms with Crippen LogP contribution in [-0.4, -0.2) is 14.2 Å². The molecule has 0 aliphatic carbocycles. The number of hydrogen-bond acceptors (Lipinski definition) is 3. The number of rotatable bonds is 5. The number of hydrogen-bond donors (Lipinski definition) is 1. The average molecular weight is 307 g/mol. The van der Waals surface area contributed by atoms with Gasteiger partial charge in [-0.3, -0.25) is 4.72 Å². The minimum Gasteiger partial charge on any atom is -0.278 e. The fourth-order valence-electron chi connectivity index (χ4n) is 1.75. The standard InChI is InChI=1S/C15H17NO2S2/c1-3-19-15-7-5-4-6-14(15)16-20(17,18)13-10-8-12(2)9-11-13/h4-11,16H,3H2,1-2H3. The van der Waals surface area contributed by atoms with Crippen LogP contribution in [0.4, 0.5) is 5.69 Å². The maximum absolute atomic E-state index is 12.3. The van der Waals surface area contributed by atoms with Crippen LogP contribution in [0.2, 0.25) is 0 Å². The summed E-state index contributed by atoms with van der Waals surface area (Å²) in [6.07, 6.45) is 0. The number of benzene rings is 2. The number of para-hydroxylation sites is 1. The second-order valence-electron chi connectivity index (χ2n) is 4.35. The molecule has 2 aromatic carbocycles. The van der Waals surface area contributed by atoms with Crippen molar-refractivity contribution in [3.8, 4) is 0 Å². The number of aryl methyl sites for hydroxylation is 1. The number of anilines is 1. The first-order valence-corrected chi connectivity index (χ1v) is 8.81. The molecule has 0 spiro atoms. The Bertz CT molecular complexity index is 679. The number of sulfonamides is 1. The molecule has 3 nitrogen and oxygen atoms in total. The van der Waals surface area contributed by atoms with Gasteiger partial charge in [-0.2, -0.15) is 0 Å². The maximum atomic E-state index is 12.3.